The molecule has 1 aromatic rings. The number of benzene rings is 1. The molecule has 0 atom stereocenters. The van der Waals surface area contributed by atoms with E-state index < -0.39 is 0 Å². The lowest BCUT2D eigenvalue weighted by Gasteiger charge is -2.03. The Morgan fingerprint density at radius 2 is 2.31 bits per heavy atom. The highest BCUT2D eigenvalue weighted by Crippen LogP contribution is 2.40. The molecule has 68 valence electrons. The summed E-state index contributed by atoms with van der Waals surface area (Å²) in [5, 5.41) is 12.1. The average molecular weight is 181 g/mol. The minimum Gasteiger partial charge on any atom is -0.507 e. The van der Waals surface area contributed by atoms with Crippen LogP contribution in [0.25, 0.3) is 0 Å². The Morgan fingerprint density at radius 1 is 1.46 bits per heavy atom. The molecule has 1 aliphatic rings. The first kappa shape index (κ1) is 7.85. The van der Waals surface area contributed by atoms with E-state index in [1.807, 2.05) is 0 Å². The Bertz CT molecular complexity index is 350. The van der Waals surface area contributed by atoms with Gasteiger partial charge in [0.2, 0.25) is 6.79 Å². The van der Waals surface area contributed by atoms with Crippen molar-refractivity contribution < 1.29 is 14.6 Å². The first-order chi connectivity index (χ1) is 6.33. The van der Waals surface area contributed by atoms with Gasteiger partial charge in [-0.05, 0) is 12.1 Å². The molecule has 0 aromatic heterocycles. The molecule has 1 aliphatic heterocycles. The molecular formula is C8H7NO4. The second kappa shape index (κ2) is 2.93. The van der Waals surface area contributed by atoms with Gasteiger partial charge in [-0.1, -0.05) is 5.18 Å². The summed E-state index contributed by atoms with van der Waals surface area (Å²) >= 11 is 0. The van der Waals surface area contributed by atoms with Crippen LogP contribution in [0.2, 0.25) is 0 Å². The number of fused-ring (bicyclic) bond motifs is 1. The maximum Gasteiger partial charge on any atom is 0.231 e. The third kappa shape index (κ3) is 1.18. The van der Waals surface area contributed by atoms with Crippen molar-refractivity contribution in [3.05, 3.63) is 22.6 Å². The molecule has 0 aliphatic carbocycles. The molecule has 2 rings (SSSR count). The van der Waals surface area contributed by atoms with Crippen LogP contribution < -0.4 is 9.47 Å². The van der Waals surface area contributed by atoms with E-state index in [4.69, 9.17) is 9.47 Å². The number of hydrogen-bond acceptors (Lipinski definition) is 5. The zero-order chi connectivity index (χ0) is 9.26. The van der Waals surface area contributed by atoms with Crippen molar-refractivity contribution in [2.24, 2.45) is 5.18 Å². The van der Waals surface area contributed by atoms with Crippen LogP contribution in [-0.4, -0.2) is 11.9 Å². The standard InChI is InChI=1S/C8H7NO4/c10-6-1-2-7-8(13-4-12-7)5(6)3-9-11/h1-2,10H,3-4H2. The van der Waals surface area contributed by atoms with Crippen LogP contribution in [0.15, 0.2) is 17.3 Å². The monoisotopic (exact) mass is 181 g/mol. The summed E-state index contributed by atoms with van der Waals surface area (Å²) in [6, 6.07) is 3.04. The van der Waals surface area contributed by atoms with Crippen LogP contribution in [0.3, 0.4) is 0 Å². The Labute approximate surface area is 73.9 Å². The first-order valence-corrected chi connectivity index (χ1v) is 3.72. The number of aromatic hydroxyl groups is 1. The van der Waals surface area contributed by atoms with E-state index in [9.17, 15) is 10.0 Å². The van der Waals surface area contributed by atoms with Crippen LogP contribution in [0.5, 0.6) is 17.2 Å². The van der Waals surface area contributed by atoms with Crippen LogP contribution in [0.1, 0.15) is 5.56 Å². The third-order valence-electron chi connectivity index (χ3n) is 1.84. The van der Waals surface area contributed by atoms with Gasteiger partial charge in [-0.15, -0.1) is 0 Å². The number of rotatable bonds is 2. The fraction of sp³-hybridized carbons (Fsp3) is 0.250. The number of hydrogen-bond donors (Lipinski definition) is 1. The molecule has 0 fully saturated rings. The minimum absolute atomic E-state index is 0.00356. The van der Waals surface area contributed by atoms with Gasteiger partial charge in [0.25, 0.3) is 0 Å². The average Bonchev–Trinajstić information content (AvgIpc) is 2.58. The Morgan fingerprint density at radius 3 is 3.08 bits per heavy atom. The molecular weight excluding hydrogens is 174 g/mol. The second-order valence-corrected chi connectivity index (χ2v) is 2.58. The van der Waals surface area contributed by atoms with E-state index in [1.54, 1.807) is 6.07 Å². The molecule has 5 nitrogen and oxygen atoms in total. The molecule has 0 spiro atoms. The van der Waals surface area contributed by atoms with Crippen LogP contribution >= 0.6 is 0 Å². The van der Waals surface area contributed by atoms with Crippen molar-refractivity contribution in [2.75, 3.05) is 6.79 Å². The molecule has 0 unspecified atom stereocenters. The molecule has 5 heteroatoms. The van der Waals surface area contributed by atoms with E-state index in [0.29, 0.717) is 17.1 Å². The Hall–Kier alpha value is -1.78. The van der Waals surface area contributed by atoms with Crippen molar-refractivity contribution in [1.82, 2.24) is 0 Å². The number of phenolic OH excluding ortho intramolecular Hbond substituents is 1. The predicted octanol–water partition coefficient (Wildman–Crippen LogP) is 1.39. The summed E-state index contributed by atoms with van der Waals surface area (Å²) in [5.41, 5.74) is 0.380. The Balaban J connectivity index is 2.51. The van der Waals surface area contributed by atoms with Crippen molar-refractivity contribution in [1.29, 1.82) is 0 Å². The third-order valence-corrected chi connectivity index (χ3v) is 1.84. The van der Waals surface area contributed by atoms with Crippen molar-refractivity contribution in [2.45, 2.75) is 6.54 Å². The summed E-state index contributed by atoms with van der Waals surface area (Å²) in [4.78, 5) is 10.1. The predicted molar refractivity (Wildman–Crippen MR) is 43.7 cm³/mol. The second-order valence-electron chi connectivity index (χ2n) is 2.58. The van der Waals surface area contributed by atoms with E-state index in [-0.39, 0.29) is 19.1 Å². The van der Waals surface area contributed by atoms with E-state index >= 15 is 0 Å². The van der Waals surface area contributed by atoms with Gasteiger partial charge >= 0.3 is 0 Å². The molecule has 0 radical (unpaired) electrons. The van der Waals surface area contributed by atoms with Crippen molar-refractivity contribution >= 4 is 0 Å². The maximum atomic E-state index is 10.1. The smallest absolute Gasteiger partial charge is 0.231 e. The van der Waals surface area contributed by atoms with Crippen molar-refractivity contribution in [3.8, 4) is 17.2 Å². The summed E-state index contributed by atoms with van der Waals surface area (Å²) in [5.74, 6) is 0.958. The Kier molecular flexibility index (Phi) is 1.77. The number of nitrogens with zero attached hydrogens (tertiary/aromatic N) is 1. The summed E-state index contributed by atoms with van der Waals surface area (Å²) < 4.78 is 10.1. The van der Waals surface area contributed by atoms with Gasteiger partial charge < -0.3 is 14.6 Å². The molecule has 1 aromatic carbocycles. The van der Waals surface area contributed by atoms with Crippen LogP contribution in [0, 0.1) is 4.91 Å². The normalized spacial score (nSPS) is 12.9. The van der Waals surface area contributed by atoms with Gasteiger partial charge in [0, 0.05) is 0 Å². The summed E-state index contributed by atoms with van der Waals surface area (Å²) in [7, 11) is 0. The lowest BCUT2D eigenvalue weighted by atomic mass is 10.1. The van der Waals surface area contributed by atoms with Crippen LogP contribution in [-0.2, 0) is 6.54 Å². The number of ether oxygens (including phenoxy) is 2. The first-order valence-electron chi connectivity index (χ1n) is 3.72. The molecule has 1 N–H and O–H groups in total. The maximum absolute atomic E-state index is 10.1. The van der Waals surface area contributed by atoms with Gasteiger partial charge in [-0.2, -0.15) is 4.91 Å². The molecule has 13 heavy (non-hydrogen) atoms. The van der Waals surface area contributed by atoms with Crippen molar-refractivity contribution in [3.63, 3.8) is 0 Å². The summed E-state index contributed by atoms with van der Waals surface area (Å²) in [6.45, 7) is 0.00299. The van der Waals surface area contributed by atoms with Crippen LogP contribution in [0.4, 0.5) is 0 Å². The zero-order valence-electron chi connectivity index (χ0n) is 6.69. The van der Waals surface area contributed by atoms with Gasteiger partial charge in [-0.3, -0.25) is 0 Å². The number of nitroso groups, excluding NO2 is 1. The highest BCUT2D eigenvalue weighted by molar-refractivity contribution is 5.54. The lowest BCUT2D eigenvalue weighted by Crippen LogP contribution is -1.94. The summed E-state index contributed by atoms with van der Waals surface area (Å²) in [6.07, 6.45) is 0. The lowest BCUT2D eigenvalue weighted by molar-refractivity contribution is 0.173. The SMILES string of the molecule is O=NCc1c(O)ccc2c1OCO2. The van der Waals surface area contributed by atoms with E-state index in [0.717, 1.165) is 0 Å². The highest BCUT2D eigenvalue weighted by Gasteiger charge is 2.20. The van der Waals surface area contributed by atoms with Gasteiger partial charge in [0.15, 0.2) is 11.5 Å². The molecule has 0 bridgehead atoms. The molecule has 0 saturated heterocycles. The molecule has 0 amide bonds. The van der Waals surface area contributed by atoms with Gasteiger partial charge in [0.05, 0.1) is 5.56 Å². The minimum atomic E-state index is -0.113. The fourth-order valence-corrected chi connectivity index (χ4v) is 1.24. The number of phenols is 1. The van der Waals surface area contributed by atoms with Gasteiger partial charge in [-0.25, -0.2) is 0 Å². The zero-order valence-corrected chi connectivity index (χ0v) is 6.69. The van der Waals surface area contributed by atoms with Gasteiger partial charge in [0.1, 0.15) is 12.3 Å². The quantitative estimate of drug-likeness (QED) is 0.700. The molecule has 1 heterocycles. The fourth-order valence-electron chi connectivity index (χ4n) is 1.24. The van der Waals surface area contributed by atoms with E-state index in [1.165, 1.54) is 6.07 Å². The topological polar surface area (TPSA) is 68.1 Å². The largest absolute Gasteiger partial charge is 0.507 e. The molecule has 0 saturated carbocycles. The van der Waals surface area contributed by atoms with E-state index in [2.05, 4.69) is 5.18 Å². The highest BCUT2D eigenvalue weighted by atomic mass is 16.7.